The summed E-state index contributed by atoms with van der Waals surface area (Å²) in [5.41, 5.74) is 3.08. The molecular weight excluding hydrogens is 412 g/mol. The molecular formula is C25H27ClN2O3. The number of benzene rings is 3. The van der Waals surface area contributed by atoms with Crippen LogP contribution in [-0.4, -0.2) is 35.2 Å². The Morgan fingerprint density at radius 3 is 1.68 bits per heavy atom. The molecule has 0 aromatic heterocycles. The molecule has 0 radical (unpaired) electrons. The zero-order valence-corrected chi connectivity index (χ0v) is 18.2. The topological polar surface area (TPSA) is 63.5 Å². The van der Waals surface area contributed by atoms with Crippen LogP contribution in [0.4, 0.5) is 5.69 Å². The number of nitro benzene ring substituents is 1. The molecule has 3 aromatic carbocycles. The summed E-state index contributed by atoms with van der Waals surface area (Å²) in [5.74, 6) is 0.00863. The molecule has 0 unspecified atom stereocenters. The summed E-state index contributed by atoms with van der Waals surface area (Å²) in [4.78, 5) is 25.2. The van der Waals surface area contributed by atoms with Gasteiger partial charge in [0, 0.05) is 43.8 Å². The molecule has 6 heteroatoms. The first kappa shape index (κ1) is 24.3. The van der Waals surface area contributed by atoms with E-state index in [-0.39, 0.29) is 23.9 Å². The van der Waals surface area contributed by atoms with Gasteiger partial charge >= 0.3 is 0 Å². The standard InChI is InChI=1S/C25H26N2O3.ClH/c28-25(23-11-13-24(14-12-23)27(29)30)17-20-26(18-15-21-7-3-1-4-8-21)19-16-22-9-5-2-6-10-22;/h1-14H,15-20H2;1H. The SMILES string of the molecule is Cl.O=C(CCN(CCc1ccccc1)CCc1ccccc1)c1ccc([N+](=O)[O-])cc1. The van der Waals surface area contributed by atoms with E-state index in [1.165, 1.54) is 23.3 Å². The molecule has 0 aliphatic carbocycles. The van der Waals surface area contributed by atoms with Crippen LogP contribution in [0.2, 0.25) is 0 Å². The van der Waals surface area contributed by atoms with Gasteiger partial charge in [0.05, 0.1) is 4.92 Å². The highest BCUT2D eigenvalue weighted by Crippen LogP contribution is 2.14. The van der Waals surface area contributed by atoms with Crippen molar-refractivity contribution in [2.24, 2.45) is 0 Å². The average Bonchev–Trinajstić information content (AvgIpc) is 2.79. The Hall–Kier alpha value is -3.02. The van der Waals surface area contributed by atoms with Crippen molar-refractivity contribution in [3.8, 4) is 0 Å². The van der Waals surface area contributed by atoms with Crippen LogP contribution < -0.4 is 0 Å². The van der Waals surface area contributed by atoms with Gasteiger partial charge in [-0.15, -0.1) is 12.4 Å². The monoisotopic (exact) mass is 438 g/mol. The fraction of sp³-hybridized carbons (Fsp3) is 0.240. The third kappa shape index (κ3) is 7.96. The van der Waals surface area contributed by atoms with E-state index in [1.54, 1.807) is 12.1 Å². The van der Waals surface area contributed by atoms with Gasteiger partial charge in [-0.05, 0) is 36.1 Å². The molecule has 0 N–H and O–H groups in total. The number of rotatable bonds is 11. The molecule has 3 rings (SSSR count). The predicted molar refractivity (Wildman–Crippen MR) is 126 cm³/mol. The first-order chi connectivity index (χ1) is 14.6. The fourth-order valence-electron chi connectivity index (χ4n) is 3.37. The van der Waals surface area contributed by atoms with Crippen molar-refractivity contribution in [1.82, 2.24) is 4.90 Å². The number of Topliss-reactive ketones (excluding diaryl/α,β-unsaturated/α-hetero) is 1. The minimum Gasteiger partial charge on any atom is -0.302 e. The van der Waals surface area contributed by atoms with E-state index in [0.717, 1.165) is 25.9 Å². The summed E-state index contributed by atoms with van der Waals surface area (Å²) in [7, 11) is 0. The molecule has 0 aliphatic rings. The van der Waals surface area contributed by atoms with E-state index in [9.17, 15) is 14.9 Å². The van der Waals surface area contributed by atoms with Gasteiger partial charge in [-0.3, -0.25) is 14.9 Å². The molecule has 162 valence electrons. The van der Waals surface area contributed by atoms with E-state index < -0.39 is 4.92 Å². The summed E-state index contributed by atoms with van der Waals surface area (Å²) in [6.45, 7) is 2.42. The second-order valence-electron chi connectivity index (χ2n) is 7.29. The zero-order chi connectivity index (χ0) is 21.2. The lowest BCUT2D eigenvalue weighted by atomic mass is 10.1. The van der Waals surface area contributed by atoms with Gasteiger partial charge in [0.2, 0.25) is 0 Å². The molecule has 0 amide bonds. The highest BCUT2D eigenvalue weighted by atomic mass is 35.5. The van der Waals surface area contributed by atoms with Crippen LogP contribution in [0.5, 0.6) is 0 Å². The first-order valence-corrected chi connectivity index (χ1v) is 10.2. The lowest BCUT2D eigenvalue weighted by Gasteiger charge is -2.22. The van der Waals surface area contributed by atoms with E-state index in [0.29, 0.717) is 18.5 Å². The third-order valence-corrected chi connectivity index (χ3v) is 5.17. The van der Waals surface area contributed by atoms with Gasteiger partial charge in [-0.2, -0.15) is 0 Å². The normalized spacial score (nSPS) is 10.5. The van der Waals surface area contributed by atoms with E-state index in [2.05, 4.69) is 29.2 Å². The van der Waals surface area contributed by atoms with Crippen LogP contribution in [0, 0.1) is 10.1 Å². The number of nitrogens with zero attached hydrogens (tertiary/aromatic N) is 2. The van der Waals surface area contributed by atoms with Crippen LogP contribution in [0.15, 0.2) is 84.9 Å². The van der Waals surface area contributed by atoms with Gasteiger partial charge in [0.15, 0.2) is 5.78 Å². The number of ketones is 1. The molecule has 0 atom stereocenters. The van der Waals surface area contributed by atoms with E-state index >= 15 is 0 Å². The second kappa shape index (κ2) is 12.6. The fourth-order valence-corrected chi connectivity index (χ4v) is 3.37. The number of non-ortho nitro benzene ring substituents is 1. The Kier molecular flexibility index (Phi) is 9.88. The lowest BCUT2D eigenvalue weighted by Crippen LogP contribution is -2.30. The molecule has 31 heavy (non-hydrogen) atoms. The predicted octanol–water partition coefficient (Wildman–Crippen LogP) is 5.38. The van der Waals surface area contributed by atoms with Crippen molar-refractivity contribution in [2.75, 3.05) is 19.6 Å². The number of nitro groups is 1. The average molecular weight is 439 g/mol. The van der Waals surface area contributed by atoms with Crippen LogP contribution >= 0.6 is 12.4 Å². The summed E-state index contributed by atoms with van der Waals surface area (Å²) in [5, 5.41) is 10.8. The number of carbonyl (C=O) groups is 1. The molecule has 3 aromatic rings. The second-order valence-corrected chi connectivity index (χ2v) is 7.29. The van der Waals surface area contributed by atoms with Crippen molar-refractivity contribution in [1.29, 1.82) is 0 Å². The van der Waals surface area contributed by atoms with Gasteiger partial charge in [-0.1, -0.05) is 60.7 Å². The number of carbonyl (C=O) groups excluding carboxylic acids is 1. The Labute approximate surface area is 189 Å². The van der Waals surface area contributed by atoms with Crippen LogP contribution in [0.3, 0.4) is 0 Å². The molecule has 0 aliphatic heterocycles. The minimum atomic E-state index is -0.455. The van der Waals surface area contributed by atoms with Crippen LogP contribution in [0.25, 0.3) is 0 Å². The molecule has 5 nitrogen and oxygen atoms in total. The van der Waals surface area contributed by atoms with Crippen molar-refractivity contribution >= 4 is 23.9 Å². The molecule has 0 saturated heterocycles. The number of hydrogen-bond donors (Lipinski definition) is 0. The molecule has 0 fully saturated rings. The summed E-state index contributed by atoms with van der Waals surface area (Å²) in [6.07, 6.45) is 2.25. The Balaban J connectivity index is 0.00000341. The summed E-state index contributed by atoms with van der Waals surface area (Å²) >= 11 is 0. The quantitative estimate of drug-likeness (QED) is 0.229. The highest BCUT2D eigenvalue weighted by molar-refractivity contribution is 5.96. The lowest BCUT2D eigenvalue weighted by molar-refractivity contribution is -0.384. The molecule has 0 spiro atoms. The number of halogens is 1. The van der Waals surface area contributed by atoms with Crippen molar-refractivity contribution in [3.05, 3.63) is 112 Å². The zero-order valence-electron chi connectivity index (χ0n) is 17.4. The molecule has 0 saturated carbocycles. The summed E-state index contributed by atoms with van der Waals surface area (Å²) in [6, 6.07) is 26.5. The summed E-state index contributed by atoms with van der Waals surface area (Å²) < 4.78 is 0. The molecule has 0 heterocycles. The maximum atomic E-state index is 12.6. The number of hydrogen-bond acceptors (Lipinski definition) is 4. The van der Waals surface area contributed by atoms with Crippen molar-refractivity contribution in [2.45, 2.75) is 19.3 Å². The maximum absolute atomic E-state index is 12.6. The Morgan fingerprint density at radius 1 is 0.742 bits per heavy atom. The first-order valence-electron chi connectivity index (χ1n) is 10.2. The van der Waals surface area contributed by atoms with Crippen LogP contribution in [-0.2, 0) is 12.8 Å². The van der Waals surface area contributed by atoms with E-state index in [1.807, 2.05) is 36.4 Å². The Morgan fingerprint density at radius 2 is 1.23 bits per heavy atom. The van der Waals surface area contributed by atoms with E-state index in [4.69, 9.17) is 0 Å². The molecule has 0 bridgehead atoms. The van der Waals surface area contributed by atoms with Crippen LogP contribution in [0.1, 0.15) is 27.9 Å². The largest absolute Gasteiger partial charge is 0.302 e. The van der Waals surface area contributed by atoms with Gasteiger partial charge in [-0.25, -0.2) is 0 Å². The van der Waals surface area contributed by atoms with Crippen molar-refractivity contribution in [3.63, 3.8) is 0 Å². The Bertz CT molecular complexity index is 904. The smallest absolute Gasteiger partial charge is 0.269 e. The van der Waals surface area contributed by atoms with Crippen molar-refractivity contribution < 1.29 is 9.72 Å². The van der Waals surface area contributed by atoms with Gasteiger partial charge < -0.3 is 4.90 Å². The third-order valence-electron chi connectivity index (χ3n) is 5.17. The minimum absolute atomic E-state index is 0. The highest BCUT2D eigenvalue weighted by Gasteiger charge is 2.12. The van der Waals surface area contributed by atoms with Gasteiger partial charge in [0.1, 0.15) is 0 Å². The van der Waals surface area contributed by atoms with Gasteiger partial charge in [0.25, 0.3) is 5.69 Å². The maximum Gasteiger partial charge on any atom is 0.269 e.